The molecule has 1 aliphatic rings. The maximum absolute atomic E-state index is 10.6. The lowest BCUT2D eigenvalue weighted by Gasteiger charge is -2.14. The van der Waals surface area contributed by atoms with Gasteiger partial charge in [0.05, 0.1) is 11.9 Å². The van der Waals surface area contributed by atoms with Gasteiger partial charge in [-0.3, -0.25) is 4.98 Å². The predicted molar refractivity (Wildman–Crippen MR) is 74.6 cm³/mol. The Kier molecular flexibility index (Phi) is 7.03. The van der Waals surface area contributed by atoms with Crippen LogP contribution >= 0.6 is 0 Å². The topological polar surface area (TPSA) is 78.4 Å². The molecule has 0 bridgehead atoms. The smallest absolute Gasteiger partial charge is 0.475 e. The van der Waals surface area contributed by atoms with E-state index < -0.39 is 12.1 Å². The summed E-state index contributed by atoms with van der Waals surface area (Å²) in [7, 11) is 0. The Morgan fingerprint density at radius 2 is 1.95 bits per heavy atom. The van der Waals surface area contributed by atoms with Gasteiger partial charge in [0.15, 0.2) is 0 Å². The number of nitrogens with zero attached hydrogens (tertiary/aromatic N) is 3. The summed E-state index contributed by atoms with van der Waals surface area (Å²) in [6.45, 7) is 6.52. The highest BCUT2D eigenvalue weighted by atomic mass is 19.4. The van der Waals surface area contributed by atoms with Gasteiger partial charge >= 0.3 is 12.1 Å². The molecule has 0 atom stereocenters. The van der Waals surface area contributed by atoms with Crippen LogP contribution in [0, 0.1) is 6.92 Å². The van der Waals surface area contributed by atoms with Gasteiger partial charge in [0.2, 0.25) is 0 Å². The van der Waals surface area contributed by atoms with Crippen molar-refractivity contribution in [2.24, 2.45) is 0 Å². The van der Waals surface area contributed by atoms with Crippen molar-refractivity contribution in [1.29, 1.82) is 0 Å². The Hall–Kier alpha value is -1.90. The standard InChI is InChI=1S/C11H18N4.C2HF3O2/c1-10-8-12-9-11(14-10)13-4-7-15-5-2-3-6-15;3-2(4,5)1(6)7/h8-9H,2-7H2,1H3,(H,13,14);(H,6,7). The lowest BCUT2D eigenvalue weighted by atomic mass is 10.4. The number of aromatic nitrogens is 2. The highest BCUT2D eigenvalue weighted by Gasteiger charge is 2.38. The number of hydrogen-bond donors (Lipinski definition) is 2. The van der Waals surface area contributed by atoms with E-state index in [4.69, 9.17) is 9.90 Å². The van der Waals surface area contributed by atoms with Crippen LogP contribution in [-0.2, 0) is 4.79 Å². The van der Waals surface area contributed by atoms with Crippen molar-refractivity contribution in [2.45, 2.75) is 25.9 Å². The van der Waals surface area contributed by atoms with E-state index in [1.165, 1.54) is 25.9 Å². The molecule has 0 aromatic carbocycles. The molecule has 0 saturated carbocycles. The molecule has 9 heteroatoms. The van der Waals surface area contributed by atoms with Crippen molar-refractivity contribution in [2.75, 3.05) is 31.5 Å². The van der Waals surface area contributed by atoms with Crippen molar-refractivity contribution in [3.63, 3.8) is 0 Å². The molecule has 6 nitrogen and oxygen atoms in total. The molecule has 0 radical (unpaired) electrons. The minimum Gasteiger partial charge on any atom is -0.475 e. The van der Waals surface area contributed by atoms with Gasteiger partial charge in [0.1, 0.15) is 5.82 Å². The van der Waals surface area contributed by atoms with E-state index in [1.54, 1.807) is 12.4 Å². The van der Waals surface area contributed by atoms with Crippen LogP contribution in [0.15, 0.2) is 12.4 Å². The summed E-state index contributed by atoms with van der Waals surface area (Å²) in [5, 5.41) is 10.4. The summed E-state index contributed by atoms with van der Waals surface area (Å²) in [4.78, 5) is 19.8. The average Bonchev–Trinajstić information content (AvgIpc) is 2.91. The van der Waals surface area contributed by atoms with Crippen molar-refractivity contribution in [3.05, 3.63) is 18.1 Å². The molecule has 0 spiro atoms. The molecule has 2 rings (SSSR count). The molecule has 1 saturated heterocycles. The van der Waals surface area contributed by atoms with E-state index in [0.717, 1.165) is 24.6 Å². The quantitative estimate of drug-likeness (QED) is 0.882. The Morgan fingerprint density at radius 3 is 2.45 bits per heavy atom. The number of nitrogens with one attached hydrogen (secondary N) is 1. The Bertz CT molecular complexity index is 477. The van der Waals surface area contributed by atoms with E-state index >= 15 is 0 Å². The van der Waals surface area contributed by atoms with Crippen molar-refractivity contribution < 1.29 is 23.1 Å². The molecule has 1 aromatic rings. The molecule has 0 unspecified atom stereocenters. The predicted octanol–water partition coefficient (Wildman–Crippen LogP) is 1.93. The molecule has 0 amide bonds. The number of aliphatic carboxylic acids is 1. The van der Waals surface area contributed by atoms with Crippen LogP contribution in [0.4, 0.5) is 19.0 Å². The first kappa shape index (κ1) is 18.1. The van der Waals surface area contributed by atoms with Gasteiger partial charge < -0.3 is 15.3 Å². The monoisotopic (exact) mass is 320 g/mol. The molecule has 1 aromatic heterocycles. The number of carboxylic acids is 1. The SMILES string of the molecule is Cc1cncc(NCCN2CCCC2)n1.O=C(O)C(F)(F)F. The number of alkyl halides is 3. The van der Waals surface area contributed by atoms with Gasteiger partial charge in [-0.05, 0) is 32.9 Å². The van der Waals surface area contributed by atoms with Crippen LogP contribution in [0.25, 0.3) is 0 Å². The summed E-state index contributed by atoms with van der Waals surface area (Å²) >= 11 is 0. The first-order valence-electron chi connectivity index (χ1n) is 6.84. The first-order chi connectivity index (χ1) is 10.3. The number of aryl methyl sites for hydroxylation is 1. The van der Waals surface area contributed by atoms with Gasteiger partial charge in [-0.25, -0.2) is 9.78 Å². The Morgan fingerprint density at radius 1 is 1.36 bits per heavy atom. The fourth-order valence-corrected chi connectivity index (χ4v) is 1.90. The van der Waals surface area contributed by atoms with Gasteiger partial charge in [0.25, 0.3) is 0 Å². The zero-order chi connectivity index (χ0) is 16.6. The number of hydrogen-bond acceptors (Lipinski definition) is 5. The van der Waals surface area contributed by atoms with Crippen molar-refractivity contribution >= 4 is 11.8 Å². The highest BCUT2D eigenvalue weighted by molar-refractivity contribution is 5.73. The van der Waals surface area contributed by atoms with Gasteiger partial charge in [-0.15, -0.1) is 0 Å². The van der Waals surface area contributed by atoms with Crippen molar-refractivity contribution in [3.8, 4) is 0 Å². The lowest BCUT2D eigenvalue weighted by molar-refractivity contribution is -0.192. The molecule has 1 aliphatic heterocycles. The molecule has 124 valence electrons. The van der Waals surface area contributed by atoms with Gasteiger partial charge in [-0.1, -0.05) is 0 Å². The zero-order valence-corrected chi connectivity index (χ0v) is 12.2. The van der Waals surface area contributed by atoms with Crippen LogP contribution in [0.3, 0.4) is 0 Å². The fraction of sp³-hybridized carbons (Fsp3) is 0.615. The largest absolute Gasteiger partial charge is 0.490 e. The molecular weight excluding hydrogens is 301 g/mol. The van der Waals surface area contributed by atoms with Crippen LogP contribution in [0.1, 0.15) is 18.5 Å². The summed E-state index contributed by atoms with van der Waals surface area (Å²) in [5.74, 6) is -1.87. The number of halogens is 3. The number of likely N-dealkylation sites (tertiary alicyclic amines) is 1. The average molecular weight is 320 g/mol. The summed E-state index contributed by atoms with van der Waals surface area (Å²) in [6.07, 6.45) is 1.16. The zero-order valence-electron chi connectivity index (χ0n) is 12.2. The number of carboxylic acid groups (broad SMARTS) is 1. The van der Waals surface area contributed by atoms with Crippen LogP contribution in [-0.4, -0.2) is 58.3 Å². The molecule has 22 heavy (non-hydrogen) atoms. The third kappa shape index (κ3) is 7.21. The summed E-state index contributed by atoms with van der Waals surface area (Å²) in [5.41, 5.74) is 0.959. The van der Waals surface area contributed by atoms with E-state index in [9.17, 15) is 13.2 Å². The molecule has 1 fully saturated rings. The van der Waals surface area contributed by atoms with Crippen LogP contribution in [0.2, 0.25) is 0 Å². The van der Waals surface area contributed by atoms with Crippen molar-refractivity contribution in [1.82, 2.24) is 14.9 Å². The third-order valence-corrected chi connectivity index (χ3v) is 2.93. The molecule has 2 N–H and O–H groups in total. The lowest BCUT2D eigenvalue weighted by Crippen LogP contribution is -2.26. The minimum atomic E-state index is -5.08. The molecule has 2 heterocycles. The number of anilines is 1. The van der Waals surface area contributed by atoms with E-state index in [2.05, 4.69) is 20.2 Å². The highest BCUT2D eigenvalue weighted by Crippen LogP contribution is 2.13. The van der Waals surface area contributed by atoms with E-state index in [1.807, 2.05) is 6.92 Å². The van der Waals surface area contributed by atoms with Crippen LogP contribution in [0.5, 0.6) is 0 Å². The number of carbonyl (C=O) groups is 1. The normalized spacial score (nSPS) is 15.1. The van der Waals surface area contributed by atoms with E-state index in [0.29, 0.717) is 0 Å². The Labute approximate surface area is 126 Å². The minimum absolute atomic E-state index is 0.884. The maximum atomic E-state index is 10.6. The summed E-state index contributed by atoms with van der Waals surface area (Å²) in [6, 6.07) is 0. The first-order valence-corrected chi connectivity index (χ1v) is 6.84. The molecule has 0 aliphatic carbocycles. The van der Waals surface area contributed by atoms with Gasteiger partial charge in [-0.2, -0.15) is 13.2 Å². The second-order valence-electron chi connectivity index (χ2n) is 4.82. The second kappa shape index (κ2) is 8.52. The van der Waals surface area contributed by atoms with E-state index in [-0.39, 0.29) is 0 Å². The van der Waals surface area contributed by atoms with Gasteiger partial charge in [0, 0.05) is 19.3 Å². The van der Waals surface area contributed by atoms with Crippen LogP contribution < -0.4 is 5.32 Å². The molecular formula is C13H19F3N4O2. The maximum Gasteiger partial charge on any atom is 0.490 e. The number of rotatable bonds is 4. The third-order valence-electron chi connectivity index (χ3n) is 2.93. The summed E-state index contributed by atoms with van der Waals surface area (Å²) < 4.78 is 31.7. The fourth-order valence-electron chi connectivity index (χ4n) is 1.90. The Balaban J connectivity index is 0.000000295. The second-order valence-corrected chi connectivity index (χ2v) is 4.82.